The van der Waals surface area contributed by atoms with Crippen molar-refractivity contribution < 1.29 is 60.9 Å². The zero-order valence-electron chi connectivity index (χ0n) is 33.6. The summed E-state index contributed by atoms with van der Waals surface area (Å²) in [7, 11) is 0. The molecule has 1 aliphatic carbocycles. The number of carbonyl (C=O) groups is 6. The number of aromatic nitrogens is 2. The zero-order chi connectivity index (χ0) is 45.2. The van der Waals surface area contributed by atoms with Crippen molar-refractivity contribution in [1.82, 2.24) is 30.2 Å². The summed E-state index contributed by atoms with van der Waals surface area (Å²) in [5.74, 6) is -6.63. The Morgan fingerprint density at radius 1 is 1.00 bits per heavy atom. The van der Waals surface area contributed by atoms with E-state index in [1.165, 1.54) is 21.7 Å². The molecule has 1 fully saturated rings. The maximum atomic E-state index is 15.0. The number of amides is 5. The van der Waals surface area contributed by atoms with Crippen LogP contribution in [0.2, 0.25) is 0 Å². The largest absolute Gasteiger partial charge is 0.490 e. The Hall–Kier alpha value is -6.02. The van der Waals surface area contributed by atoms with Crippen LogP contribution in [0, 0.1) is 23.0 Å². The third-order valence-corrected chi connectivity index (χ3v) is 10.0. The van der Waals surface area contributed by atoms with Crippen LogP contribution >= 0.6 is 0 Å². The number of rotatable bonds is 15. The third kappa shape index (κ3) is 13.0. The van der Waals surface area contributed by atoms with Crippen LogP contribution in [0.3, 0.4) is 0 Å². The Labute approximate surface area is 347 Å². The fourth-order valence-corrected chi connectivity index (χ4v) is 7.06. The lowest BCUT2D eigenvalue weighted by Crippen LogP contribution is -2.49. The molecular formula is C41H48F5N7O8. The number of halogens is 5. The fraction of sp³-hybridized carbons (Fsp3) is 0.439. The highest BCUT2D eigenvalue weighted by Crippen LogP contribution is 2.40. The fourth-order valence-electron chi connectivity index (χ4n) is 7.06. The van der Waals surface area contributed by atoms with Gasteiger partial charge in [0.2, 0.25) is 17.7 Å². The number of hydrogen-bond acceptors (Lipinski definition) is 9. The number of carbonyl (C=O) groups excluding carboxylic acids is 5. The molecule has 1 aromatic heterocycles. The second kappa shape index (κ2) is 20.5. The summed E-state index contributed by atoms with van der Waals surface area (Å²) in [4.78, 5) is 74.4. The molecule has 0 unspecified atom stereocenters. The number of hydrogen-bond donors (Lipinski definition) is 5. The number of alkyl halides is 3. The Bertz CT molecular complexity index is 2090. The van der Waals surface area contributed by atoms with Gasteiger partial charge in [-0.2, -0.15) is 18.3 Å². The predicted octanol–water partition coefficient (Wildman–Crippen LogP) is 3.33. The molecule has 2 aliphatic rings. The van der Waals surface area contributed by atoms with Gasteiger partial charge in [0.05, 0.1) is 17.8 Å². The highest BCUT2D eigenvalue weighted by Gasteiger charge is 2.40. The normalized spacial score (nSPS) is 17.4. The number of aliphatic hydroxyl groups excluding tert-OH is 1. The first kappa shape index (κ1) is 47.7. The van der Waals surface area contributed by atoms with E-state index < -0.39 is 71.5 Å². The van der Waals surface area contributed by atoms with Gasteiger partial charge >= 0.3 is 12.1 Å². The zero-order valence-corrected chi connectivity index (χ0v) is 33.6. The van der Waals surface area contributed by atoms with Crippen molar-refractivity contribution in [2.24, 2.45) is 17.1 Å². The first-order valence-corrected chi connectivity index (χ1v) is 19.3. The molecule has 1 aliphatic heterocycles. The van der Waals surface area contributed by atoms with Gasteiger partial charge in [-0.15, -0.1) is 0 Å². The minimum atomic E-state index is -5.08. The van der Waals surface area contributed by atoms with Crippen LogP contribution in [-0.4, -0.2) is 110 Å². The molecule has 6 N–H and O–H groups in total. The molecule has 0 radical (unpaired) electrons. The summed E-state index contributed by atoms with van der Waals surface area (Å²) < 4.78 is 62.3. The number of imide groups is 1. The number of aliphatic carboxylic acids is 1. The van der Waals surface area contributed by atoms with Gasteiger partial charge in [-0.25, -0.2) is 18.3 Å². The molecule has 1 saturated carbocycles. The first-order valence-electron chi connectivity index (χ1n) is 19.3. The second-order valence-electron chi connectivity index (χ2n) is 15.6. The van der Waals surface area contributed by atoms with E-state index >= 15 is 0 Å². The second-order valence-corrected chi connectivity index (χ2v) is 15.6. The summed E-state index contributed by atoms with van der Waals surface area (Å²) in [5.41, 5.74) is 7.55. The van der Waals surface area contributed by atoms with E-state index in [1.54, 1.807) is 6.20 Å². The van der Waals surface area contributed by atoms with Crippen LogP contribution in [0.15, 0.2) is 66.9 Å². The van der Waals surface area contributed by atoms with Crippen molar-refractivity contribution in [1.29, 1.82) is 0 Å². The van der Waals surface area contributed by atoms with Crippen molar-refractivity contribution in [3.05, 3.63) is 95.3 Å². The first-order chi connectivity index (χ1) is 28.6. The van der Waals surface area contributed by atoms with Crippen molar-refractivity contribution >= 4 is 35.5 Å². The smallest absolute Gasteiger partial charge is 0.475 e. The van der Waals surface area contributed by atoms with E-state index in [9.17, 15) is 51.0 Å². The molecule has 5 rings (SSSR count). The van der Waals surface area contributed by atoms with Crippen molar-refractivity contribution in [3.63, 3.8) is 0 Å². The van der Waals surface area contributed by atoms with E-state index in [4.69, 9.17) is 20.7 Å². The Morgan fingerprint density at radius 3 is 2.23 bits per heavy atom. The van der Waals surface area contributed by atoms with Crippen molar-refractivity contribution in [2.75, 3.05) is 26.2 Å². The van der Waals surface area contributed by atoms with Crippen molar-refractivity contribution in [3.8, 4) is 5.69 Å². The average Bonchev–Trinajstić information content (AvgIpc) is 3.92. The summed E-state index contributed by atoms with van der Waals surface area (Å²) in [6, 6.07) is 10.4. The molecule has 4 atom stereocenters. The van der Waals surface area contributed by atoms with Gasteiger partial charge in [-0.05, 0) is 48.8 Å². The molecule has 0 bridgehead atoms. The predicted molar refractivity (Wildman–Crippen MR) is 208 cm³/mol. The number of carboxylic acid groups (broad SMARTS) is 1. The van der Waals surface area contributed by atoms with E-state index in [0.29, 0.717) is 36.9 Å². The van der Waals surface area contributed by atoms with Gasteiger partial charge in [0, 0.05) is 68.0 Å². The number of nitrogens with zero attached hydrogens (tertiary/aromatic N) is 4. The standard InChI is InChI=1S/C39H47F2N7O6.C2HF3O2/c1-39(2,3)36(35-26(19-24-7-5-4-6-8-24)22-48(45-35)31-21-27(40)10-12-29(31)41)47(34(52)23-49)17-15-30(42)38(54)44-28-11-9-25(20-28)37(53)43-16-18-46-32(50)13-14-33(46)51;3-2(4,5)1(6)7/h4-8,10,12-14,21-22,25,28,30,36,49H,9,11,15-20,23,42H2,1-3H3,(H,43,53)(H,44,54);(H,6,7)/t25-,28-,30-,36-;/m0./s1. The maximum Gasteiger partial charge on any atom is 0.490 e. The quantitative estimate of drug-likeness (QED) is 0.111. The molecule has 0 saturated heterocycles. The minimum Gasteiger partial charge on any atom is -0.475 e. The number of benzene rings is 2. The Kier molecular flexibility index (Phi) is 16.0. The van der Waals surface area contributed by atoms with Crippen LogP contribution in [0.1, 0.15) is 69.3 Å². The summed E-state index contributed by atoms with van der Waals surface area (Å²) >= 11 is 0. The van der Waals surface area contributed by atoms with Crippen LogP contribution in [0.25, 0.3) is 5.69 Å². The van der Waals surface area contributed by atoms with Gasteiger partial charge in [-0.3, -0.25) is 28.9 Å². The lowest BCUT2D eigenvalue weighted by Gasteiger charge is -2.40. The summed E-state index contributed by atoms with van der Waals surface area (Å²) in [6.07, 6.45) is 0.732. The van der Waals surface area contributed by atoms with E-state index in [2.05, 4.69) is 10.6 Å². The average molecular weight is 862 g/mol. The lowest BCUT2D eigenvalue weighted by molar-refractivity contribution is -0.192. The van der Waals surface area contributed by atoms with Crippen LogP contribution in [0.5, 0.6) is 0 Å². The molecule has 2 heterocycles. The van der Waals surface area contributed by atoms with Crippen LogP contribution < -0.4 is 16.4 Å². The molecular weight excluding hydrogens is 813 g/mol. The summed E-state index contributed by atoms with van der Waals surface area (Å²) in [6.45, 7) is 5.00. The lowest BCUT2D eigenvalue weighted by atomic mass is 9.81. The van der Waals surface area contributed by atoms with Crippen LogP contribution in [-0.2, 0) is 35.2 Å². The van der Waals surface area contributed by atoms with Gasteiger partial charge in [0.15, 0.2) is 0 Å². The maximum absolute atomic E-state index is 15.0. The third-order valence-electron chi connectivity index (χ3n) is 10.0. The van der Waals surface area contributed by atoms with Gasteiger partial charge in [0.1, 0.15) is 23.9 Å². The molecule has 15 nitrogen and oxygen atoms in total. The molecule has 3 aromatic rings. The number of nitrogens with one attached hydrogen (secondary N) is 2. The molecule has 61 heavy (non-hydrogen) atoms. The number of carboxylic acids is 1. The highest BCUT2D eigenvalue weighted by atomic mass is 19.4. The topological polar surface area (TPSA) is 217 Å². The Morgan fingerprint density at radius 2 is 1.64 bits per heavy atom. The monoisotopic (exact) mass is 861 g/mol. The van der Waals surface area contributed by atoms with Gasteiger partial charge < -0.3 is 31.5 Å². The number of aliphatic hydroxyl groups is 1. The molecule has 20 heteroatoms. The van der Waals surface area contributed by atoms with E-state index in [1.807, 2.05) is 51.1 Å². The highest BCUT2D eigenvalue weighted by molar-refractivity contribution is 6.12. The number of nitrogens with two attached hydrogens (primary N) is 1. The molecule has 5 amide bonds. The SMILES string of the molecule is CC(C)(C)[C@H](c1nn(-c2cc(F)ccc2F)cc1Cc1ccccc1)N(CC[C@H](N)C(=O)N[C@H]1CC[C@H](C(=O)NCCN2C(=O)C=CC2=O)C1)C(=O)CO.O=C(O)C(F)(F)F. The van der Waals surface area contributed by atoms with Crippen molar-refractivity contribution in [2.45, 2.75) is 77.2 Å². The van der Waals surface area contributed by atoms with E-state index in [-0.39, 0.29) is 49.6 Å². The van der Waals surface area contributed by atoms with Crippen LogP contribution in [0.4, 0.5) is 22.0 Å². The Balaban J connectivity index is 0.00000107. The van der Waals surface area contributed by atoms with Gasteiger partial charge in [0.25, 0.3) is 11.8 Å². The molecule has 330 valence electrons. The molecule has 2 aromatic carbocycles. The van der Waals surface area contributed by atoms with Gasteiger partial charge in [-0.1, -0.05) is 51.1 Å². The summed E-state index contributed by atoms with van der Waals surface area (Å²) in [5, 5.41) is 27.6. The molecule has 0 spiro atoms. The minimum absolute atomic E-state index is 0.0246. The van der Waals surface area contributed by atoms with E-state index in [0.717, 1.165) is 28.7 Å².